The molecule has 0 aliphatic heterocycles. The van der Waals surface area contributed by atoms with Crippen LogP contribution >= 0.6 is 11.3 Å². The second-order valence-electron chi connectivity index (χ2n) is 4.43. The van der Waals surface area contributed by atoms with E-state index in [2.05, 4.69) is 10.3 Å². The smallest absolute Gasteiger partial charge is 0.365 e. The summed E-state index contributed by atoms with van der Waals surface area (Å²) in [6, 6.07) is 0. The summed E-state index contributed by atoms with van der Waals surface area (Å²) in [7, 11) is 0. The van der Waals surface area contributed by atoms with Crippen molar-refractivity contribution in [3.05, 3.63) is 16.1 Å². The summed E-state index contributed by atoms with van der Waals surface area (Å²) in [5.74, 6) is -1.44. The van der Waals surface area contributed by atoms with Gasteiger partial charge < -0.3 is 10.4 Å². The molecule has 6 heteroatoms. The highest BCUT2D eigenvalue weighted by molar-refractivity contribution is 7.11. The Morgan fingerprint density at radius 1 is 1.53 bits per heavy atom. The first-order valence-electron chi connectivity index (χ1n) is 5.37. The van der Waals surface area contributed by atoms with Gasteiger partial charge in [0.1, 0.15) is 5.69 Å². The summed E-state index contributed by atoms with van der Waals surface area (Å²) in [6.07, 6.45) is 1.82. The van der Waals surface area contributed by atoms with E-state index in [-0.39, 0.29) is 22.1 Å². The molecule has 0 bridgehead atoms. The minimum atomic E-state index is -1.11. The van der Waals surface area contributed by atoms with E-state index in [1.54, 1.807) is 0 Å². The van der Waals surface area contributed by atoms with Crippen LogP contribution in [0.1, 0.15) is 53.9 Å². The molecule has 0 aliphatic carbocycles. The topological polar surface area (TPSA) is 79.3 Å². The van der Waals surface area contributed by atoms with Crippen molar-refractivity contribution in [3.63, 3.8) is 0 Å². The summed E-state index contributed by atoms with van der Waals surface area (Å²) >= 11 is 0.954. The molecule has 0 fully saturated rings. The number of rotatable bonds is 5. The number of carbonyl (C=O) groups is 2. The minimum absolute atomic E-state index is 0.0663. The zero-order valence-electron chi connectivity index (χ0n) is 10.1. The number of hydrogen-bond donors (Lipinski definition) is 2. The predicted octanol–water partition coefficient (Wildman–Crippen LogP) is 2.15. The van der Waals surface area contributed by atoms with E-state index in [9.17, 15) is 9.59 Å². The van der Waals surface area contributed by atoms with Crippen LogP contribution in [0.15, 0.2) is 5.38 Å². The van der Waals surface area contributed by atoms with Crippen LogP contribution in [0.2, 0.25) is 0 Å². The van der Waals surface area contributed by atoms with Crippen LogP contribution in [-0.2, 0) is 0 Å². The third kappa shape index (κ3) is 3.81. The van der Waals surface area contributed by atoms with Gasteiger partial charge in [-0.3, -0.25) is 4.79 Å². The number of aromatic carboxylic acids is 1. The van der Waals surface area contributed by atoms with Gasteiger partial charge in [-0.15, -0.1) is 11.3 Å². The maximum absolute atomic E-state index is 11.8. The molecule has 0 atom stereocenters. The highest BCUT2D eigenvalue weighted by Crippen LogP contribution is 2.14. The van der Waals surface area contributed by atoms with E-state index in [1.165, 1.54) is 5.38 Å². The Hall–Kier alpha value is -1.43. The number of hydrogen-bond acceptors (Lipinski definition) is 4. The monoisotopic (exact) mass is 256 g/mol. The van der Waals surface area contributed by atoms with Gasteiger partial charge in [-0.05, 0) is 20.3 Å². The molecular formula is C11H16N2O3S. The summed E-state index contributed by atoms with van der Waals surface area (Å²) in [5, 5.41) is 12.9. The Bertz CT molecular complexity index is 426. The van der Waals surface area contributed by atoms with Crippen molar-refractivity contribution < 1.29 is 14.7 Å². The minimum Gasteiger partial charge on any atom is -0.476 e. The molecule has 5 nitrogen and oxygen atoms in total. The molecule has 0 saturated heterocycles. The fraction of sp³-hybridized carbons (Fsp3) is 0.545. The highest BCUT2D eigenvalue weighted by atomic mass is 32.1. The van der Waals surface area contributed by atoms with Crippen molar-refractivity contribution >= 4 is 23.2 Å². The summed E-state index contributed by atoms with van der Waals surface area (Å²) in [6.45, 7) is 5.90. The van der Waals surface area contributed by atoms with Crippen molar-refractivity contribution in [2.45, 2.75) is 39.2 Å². The summed E-state index contributed by atoms with van der Waals surface area (Å²) < 4.78 is 0. The number of nitrogens with one attached hydrogen (secondary N) is 1. The number of carboxylic acid groups (broad SMARTS) is 1. The standard InChI is InChI=1S/C11H16N2O3S/c1-4-5-11(2,3)13-8(14)7-6-17-9(12-7)10(15)16/h6H,4-5H2,1-3H3,(H,13,14)(H,15,16). The molecule has 0 aliphatic rings. The van der Waals surface area contributed by atoms with E-state index in [4.69, 9.17) is 5.11 Å². The van der Waals surface area contributed by atoms with Crippen molar-refractivity contribution in [3.8, 4) is 0 Å². The number of nitrogens with zero attached hydrogens (tertiary/aromatic N) is 1. The fourth-order valence-corrected chi connectivity index (χ4v) is 2.17. The number of carboxylic acids is 1. The van der Waals surface area contributed by atoms with E-state index >= 15 is 0 Å². The van der Waals surface area contributed by atoms with Gasteiger partial charge in [-0.25, -0.2) is 9.78 Å². The van der Waals surface area contributed by atoms with Crippen LogP contribution in [0.5, 0.6) is 0 Å². The van der Waals surface area contributed by atoms with Gasteiger partial charge >= 0.3 is 5.97 Å². The zero-order valence-corrected chi connectivity index (χ0v) is 10.9. The second-order valence-corrected chi connectivity index (χ2v) is 5.29. The lowest BCUT2D eigenvalue weighted by atomic mass is 9.99. The van der Waals surface area contributed by atoms with E-state index < -0.39 is 5.97 Å². The lowest BCUT2D eigenvalue weighted by molar-refractivity contribution is 0.0696. The van der Waals surface area contributed by atoms with Crippen molar-refractivity contribution in [1.29, 1.82) is 0 Å². The van der Waals surface area contributed by atoms with Gasteiger partial charge in [-0.1, -0.05) is 13.3 Å². The van der Waals surface area contributed by atoms with Gasteiger partial charge in [0, 0.05) is 10.9 Å². The van der Waals surface area contributed by atoms with Crippen LogP contribution in [0.3, 0.4) is 0 Å². The molecule has 0 aromatic carbocycles. The highest BCUT2D eigenvalue weighted by Gasteiger charge is 2.22. The van der Waals surface area contributed by atoms with Gasteiger partial charge in [0.2, 0.25) is 5.01 Å². The molecular weight excluding hydrogens is 240 g/mol. The van der Waals surface area contributed by atoms with Crippen molar-refractivity contribution in [2.24, 2.45) is 0 Å². The van der Waals surface area contributed by atoms with Gasteiger partial charge in [-0.2, -0.15) is 0 Å². The Kier molecular flexibility index (Phi) is 4.22. The average molecular weight is 256 g/mol. The van der Waals surface area contributed by atoms with Crippen LogP contribution < -0.4 is 5.32 Å². The molecule has 0 saturated carbocycles. The second kappa shape index (κ2) is 5.27. The molecule has 0 radical (unpaired) electrons. The van der Waals surface area contributed by atoms with Gasteiger partial charge in [0.05, 0.1) is 0 Å². The van der Waals surface area contributed by atoms with Gasteiger partial charge in [0.15, 0.2) is 0 Å². The van der Waals surface area contributed by atoms with Crippen LogP contribution in [-0.4, -0.2) is 27.5 Å². The van der Waals surface area contributed by atoms with Crippen molar-refractivity contribution in [1.82, 2.24) is 10.3 Å². The average Bonchev–Trinajstić information content (AvgIpc) is 2.64. The Morgan fingerprint density at radius 3 is 2.65 bits per heavy atom. The molecule has 1 heterocycles. The maximum atomic E-state index is 11.8. The van der Waals surface area contributed by atoms with E-state index in [1.807, 2.05) is 20.8 Å². The fourth-order valence-electron chi connectivity index (χ4n) is 1.54. The number of amides is 1. The predicted molar refractivity (Wildman–Crippen MR) is 65.5 cm³/mol. The molecule has 1 amide bonds. The SMILES string of the molecule is CCCC(C)(C)NC(=O)c1csc(C(=O)O)n1. The molecule has 94 valence electrons. The Balaban J connectivity index is 2.73. The largest absolute Gasteiger partial charge is 0.476 e. The first kappa shape index (κ1) is 13.6. The van der Waals surface area contributed by atoms with Crippen molar-refractivity contribution in [2.75, 3.05) is 0 Å². The Labute approximate surface area is 104 Å². The first-order valence-corrected chi connectivity index (χ1v) is 6.25. The summed E-state index contributed by atoms with van der Waals surface area (Å²) in [5.41, 5.74) is -0.143. The molecule has 1 aromatic rings. The lowest BCUT2D eigenvalue weighted by Gasteiger charge is -2.25. The number of carbonyl (C=O) groups excluding carboxylic acids is 1. The number of aromatic nitrogens is 1. The van der Waals surface area contributed by atoms with E-state index in [0.29, 0.717) is 0 Å². The molecule has 17 heavy (non-hydrogen) atoms. The molecule has 1 aromatic heterocycles. The summed E-state index contributed by atoms with van der Waals surface area (Å²) in [4.78, 5) is 26.2. The third-order valence-corrected chi connectivity index (χ3v) is 3.08. The maximum Gasteiger partial charge on any atom is 0.365 e. The normalized spacial score (nSPS) is 11.2. The quantitative estimate of drug-likeness (QED) is 0.846. The van der Waals surface area contributed by atoms with Crippen LogP contribution in [0, 0.1) is 0 Å². The van der Waals surface area contributed by atoms with E-state index in [0.717, 1.165) is 24.2 Å². The van der Waals surface area contributed by atoms with Gasteiger partial charge in [0.25, 0.3) is 5.91 Å². The molecule has 0 spiro atoms. The van der Waals surface area contributed by atoms with Crippen LogP contribution in [0.25, 0.3) is 0 Å². The molecule has 2 N–H and O–H groups in total. The molecule has 1 rings (SSSR count). The van der Waals surface area contributed by atoms with Crippen LogP contribution in [0.4, 0.5) is 0 Å². The zero-order chi connectivity index (χ0) is 13.1. The lowest BCUT2D eigenvalue weighted by Crippen LogP contribution is -2.43. The molecule has 0 unspecified atom stereocenters. The first-order chi connectivity index (χ1) is 7.85. The Morgan fingerprint density at radius 2 is 2.18 bits per heavy atom. The third-order valence-electron chi connectivity index (χ3n) is 2.25. The number of thiazole rings is 1.